The number of methoxy groups -OCH3 is 1. The summed E-state index contributed by atoms with van der Waals surface area (Å²) in [6.45, 7) is 10.1. The molecule has 3 aliphatic heterocycles. The van der Waals surface area contributed by atoms with Crippen LogP contribution in [0, 0.1) is 23.7 Å². The number of hydrogen-bond donors (Lipinski definition) is 12. The Morgan fingerprint density at radius 2 is 1.25 bits per heavy atom. The molecule has 2 saturated heterocycles. The largest absolute Gasteiger partial charge is 0.467 e. The number of allylic oxidation sites excluding steroid dienone is 12. The van der Waals surface area contributed by atoms with Crippen LogP contribution in [-0.2, 0) is 38.1 Å². The van der Waals surface area contributed by atoms with Crippen LogP contribution >= 0.6 is 0 Å². The maximum Gasteiger partial charge on any atom is 0.328 e. The first-order chi connectivity index (χ1) is 34.4. The number of cyclic esters (lactones) is 1. The highest BCUT2D eigenvalue weighted by Crippen LogP contribution is 2.38. The molecule has 2 bridgehead atoms. The molecule has 13 N–H and O–H groups in total. The summed E-state index contributed by atoms with van der Waals surface area (Å²) in [5.41, 5.74) is 6.11. The van der Waals surface area contributed by atoms with Crippen molar-refractivity contribution in [2.45, 2.75) is 196 Å². The number of carbonyl (C=O) groups excluding carboxylic acids is 3. The van der Waals surface area contributed by atoms with Crippen LogP contribution in [0.5, 0.6) is 0 Å². The molecule has 73 heavy (non-hydrogen) atoms. The number of carbonyl (C=O) groups is 3. The van der Waals surface area contributed by atoms with Gasteiger partial charge in [-0.25, -0.2) is 4.79 Å². The molecule has 0 unspecified atom stereocenters. The molecule has 0 radical (unpaired) electrons. The predicted octanol–water partition coefficient (Wildman–Crippen LogP) is 0.941. The minimum absolute atomic E-state index is 0.156. The lowest BCUT2D eigenvalue weighted by Gasteiger charge is -2.46. The van der Waals surface area contributed by atoms with Crippen molar-refractivity contribution in [2.75, 3.05) is 7.11 Å². The van der Waals surface area contributed by atoms with E-state index in [1.54, 1.807) is 94.5 Å². The van der Waals surface area contributed by atoms with E-state index >= 15 is 0 Å². The first-order valence-corrected chi connectivity index (χ1v) is 25.2. The molecule has 0 aromatic carbocycles. The molecular weight excluding hydrogens is 953 g/mol. The molecule has 0 aromatic heterocycles. The fourth-order valence-corrected chi connectivity index (χ4v) is 8.85. The second-order valence-corrected chi connectivity index (χ2v) is 20.0. The van der Waals surface area contributed by atoms with Gasteiger partial charge in [0.1, 0.15) is 18.2 Å². The summed E-state index contributed by atoms with van der Waals surface area (Å²) in [5, 5.41) is 113. The summed E-state index contributed by atoms with van der Waals surface area (Å²) >= 11 is 0. The van der Waals surface area contributed by atoms with Gasteiger partial charge in [-0.1, -0.05) is 113 Å². The fourth-order valence-electron chi connectivity index (χ4n) is 8.85. The number of aliphatic hydroxyl groups is 10. The van der Waals surface area contributed by atoms with Gasteiger partial charge in [0.25, 0.3) is 0 Å². The molecule has 0 aliphatic carbocycles. The number of rotatable bonds is 6. The summed E-state index contributed by atoms with van der Waals surface area (Å²) in [6, 6.07) is -2.32. The van der Waals surface area contributed by atoms with Crippen LogP contribution in [-0.4, -0.2) is 180 Å². The summed E-state index contributed by atoms with van der Waals surface area (Å²) in [6.07, 6.45) is 3.27. The Bertz CT molecular complexity index is 1910. The Hall–Kier alpha value is -3.97. The molecule has 20 heteroatoms. The molecule has 3 rings (SSSR count). The lowest BCUT2D eigenvalue weighted by atomic mass is 9.81. The molecule has 1 amide bonds. The van der Waals surface area contributed by atoms with Crippen LogP contribution in [0.2, 0.25) is 0 Å². The van der Waals surface area contributed by atoms with Crippen LogP contribution in [0.25, 0.3) is 0 Å². The third kappa shape index (κ3) is 20.9. The fraction of sp³-hybridized carbons (Fsp3) is 0.679. The van der Waals surface area contributed by atoms with E-state index < -0.39 is 158 Å². The second kappa shape index (κ2) is 31.2. The van der Waals surface area contributed by atoms with Crippen molar-refractivity contribution in [3.05, 3.63) is 85.1 Å². The van der Waals surface area contributed by atoms with Gasteiger partial charge in [0.05, 0.1) is 92.6 Å². The summed E-state index contributed by atoms with van der Waals surface area (Å²) < 4.78 is 28.6. The van der Waals surface area contributed by atoms with E-state index in [9.17, 15) is 65.4 Å². The van der Waals surface area contributed by atoms with Crippen molar-refractivity contribution < 1.29 is 89.1 Å². The van der Waals surface area contributed by atoms with Crippen molar-refractivity contribution in [3.8, 4) is 0 Å². The maximum absolute atomic E-state index is 14.1. The van der Waals surface area contributed by atoms with E-state index in [2.05, 4.69) is 5.32 Å². The van der Waals surface area contributed by atoms with Gasteiger partial charge in [-0.2, -0.15) is 0 Å². The minimum atomic E-state index is -2.40. The first-order valence-electron chi connectivity index (χ1n) is 25.2. The Labute approximate surface area is 429 Å². The number of aliphatic hydroxyl groups excluding tert-OH is 9. The van der Waals surface area contributed by atoms with Crippen molar-refractivity contribution in [2.24, 2.45) is 29.4 Å². The van der Waals surface area contributed by atoms with Gasteiger partial charge in [0.15, 0.2) is 12.1 Å². The Balaban J connectivity index is 1.98. The normalized spacial score (nSPS) is 42.2. The van der Waals surface area contributed by atoms with Crippen LogP contribution in [0.1, 0.15) is 92.9 Å². The minimum Gasteiger partial charge on any atom is -0.467 e. The zero-order valence-corrected chi connectivity index (χ0v) is 43.1. The van der Waals surface area contributed by atoms with Gasteiger partial charge in [-0.15, -0.1) is 0 Å². The van der Waals surface area contributed by atoms with Crippen molar-refractivity contribution >= 4 is 17.8 Å². The van der Waals surface area contributed by atoms with Crippen LogP contribution in [0.3, 0.4) is 0 Å². The zero-order chi connectivity index (χ0) is 54.6. The maximum atomic E-state index is 14.1. The Kier molecular flexibility index (Phi) is 27.0. The van der Waals surface area contributed by atoms with E-state index in [0.717, 1.165) is 7.11 Å². The van der Waals surface area contributed by atoms with Gasteiger partial charge in [0.2, 0.25) is 5.91 Å². The van der Waals surface area contributed by atoms with Crippen molar-refractivity contribution in [3.63, 3.8) is 0 Å². The van der Waals surface area contributed by atoms with Crippen molar-refractivity contribution in [1.29, 1.82) is 0 Å². The molecule has 3 heterocycles. The standard InChI is InChI=1S/C53H84N2O18/c1-30(2)46(51(67)69-7)55-50(66)44-41(61)29-53(68)28-40(60)39(59)23-22-35(56)24-36(57)25-37(58)26-43(62)70-33(5)32(4)47(63)31(3)20-18-16-14-12-10-8-9-11-13-15-17-19-21-38(27-42(44)73-53)72-52-49(65)45(54)48(64)34(6)71-52/h8-21,30-42,44-49,52,56-61,63-65,68H,22-29,54H2,1-7H3,(H,55,66)/b9-8+,12-10+,13-11+,16-14+,17-15+,20-18+,21-19+/t31-,32-,33-,34+,35+,36+,37+,38-,39+,40+,41-,42-,44+,45-,46-,47+,48+,49-,52-,53+/m0/s1. The number of ether oxygens (including phenoxy) is 5. The molecule has 0 saturated carbocycles. The van der Waals surface area contributed by atoms with Crippen LogP contribution in [0.4, 0.5) is 0 Å². The monoisotopic (exact) mass is 1040 g/mol. The highest BCUT2D eigenvalue weighted by atomic mass is 16.7. The average molecular weight is 1040 g/mol. The number of amides is 1. The van der Waals surface area contributed by atoms with Crippen LogP contribution < -0.4 is 11.1 Å². The SMILES string of the molecule is COC(=O)[C@@H](NC(=O)[C@H]1[C@@H]2C[C@@H](O[C@@H]3O[C@H](C)[C@@H](O)[C@H](N)[C@@H]3O)/C=C/C=C/C=C/C=C/C=C/C=C/C=C/[C@H](C)[C@@H](O)[C@@H](C)[C@H](C)OC(=O)C[C@H](O)C[C@H](O)C[C@H](O)CC[C@@H](O)[C@H](O)C[C@](O)(C[C@@H]1O)O2)C(C)C. The molecule has 20 atom stereocenters. The van der Waals surface area contributed by atoms with Gasteiger partial charge in [-0.05, 0) is 45.4 Å². The predicted molar refractivity (Wildman–Crippen MR) is 268 cm³/mol. The summed E-state index contributed by atoms with van der Waals surface area (Å²) in [5.74, 6) is -7.44. The van der Waals surface area contributed by atoms with Gasteiger partial charge < -0.3 is 85.8 Å². The first kappa shape index (κ1) is 63.3. The molecular formula is C53H84N2O18. The molecule has 20 nitrogen and oxygen atoms in total. The lowest BCUT2D eigenvalue weighted by Crippen LogP contribution is -2.62. The highest BCUT2D eigenvalue weighted by molar-refractivity contribution is 5.86. The lowest BCUT2D eigenvalue weighted by molar-refractivity contribution is -0.308. The molecule has 414 valence electrons. The number of esters is 2. The average Bonchev–Trinajstić information content (AvgIpc) is 3.31. The molecule has 0 spiro atoms. The summed E-state index contributed by atoms with van der Waals surface area (Å²) in [4.78, 5) is 39.5. The van der Waals surface area contributed by atoms with E-state index in [4.69, 9.17) is 29.4 Å². The molecule has 2 fully saturated rings. The summed E-state index contributed by atoms with van der Waals surface area (Å²) in [7, 11) is 1.15. The Morgan fingerprint density at radius 1 is 0.699 bits per heavy atom. The number of nitrogens with one attached hydrogen (secondary N) is 1. The van der Waals surface area contributed by atoms with E-state index in [1.807, 2.05) is 19.1 Å². The van der Waals surface area contributed by atoms with Gasteiger partial charge in [-0.3, -0.25) is 9.59 Å². The highest BCUT2D eigenvalue weighted by Gasteiger charge is 2.51. The molecule has 3 aliphatic rings. The topological polar surface area (TPSA) is 338 Å². The number of nitrogens with two attached hydrogens (primary N) is 1. The Morgan fingerprint density at radius 3 is 1.82 bits per heavy atom. The van der Waals surface area contributed by atoms with E-state index in [1.165, 1.54) is 13.0 Å². The van der Waals surface area contributed by atoms with E-state index in [0.29, 0.717) is 0 Å². The van der Waals surface area contributed by atoms with Crippen molar-refractivity contribution in [1.82, 2.24) is 5.32 Å². The molecule has 0 aromatic rings. The number of hydrogen-bond acceptors (Lipinski definition) is 19. The quantitative estimate of drug-likeness (QED) is 0.165. The third-order valence-corrected chi connectivity index (χ3v) is 13.5. The third-order valence-electron chi connectivity index (χ3n) is 13.5. The van der Waals surface area contributed by atoms with Crippen LogP contribution in [0.15, 0.2) is 85.1 Å². The van der Waals surface area contributed by atoms with Gasteiger partial charge >= 0.3 is 11.9 Å². The zero-order valence-electron chi connectivity index (χ0n) is 43.1. The number of fused-ring (bicyclic) bond motifs is 2. The second-order valence-electron chi connectivity index (χ2n) is 20.0. The van der Waals surface area contributed by atoms with Gasteiger partial charge in [0, 0.05) is 31.1 Å². The van der Waals surface area contributed by atoms with E-state index in [-0.39, 0.29) is 38.0 Å². The smallest absolute Gasteiger partial charge is 0.328 e.